The molecule has 1 N–H and O–H groups in total. The molecule has 0 radical (unpaired) electrons. The molecule has 1 fully saturated rings. The van der Waals surface area contributed by atoms with Crippen LogP contribution in [0.5, 0.6) is 0 Å². The van der Waals surface area contributed by atoms with Crippen LogP contribution in [0.25, 0.3) is 0 Å². The standard InChI is InChI=1S/C14H21F3N4OS/c1-9(11(22)18-10-7-5-3-4-6-8-10)23-13-20-19-12(21(13)2)14(15,16)17/h9-10H,3-8H2,1-2H3,(H,18,22)/t9-/m0/s1. The minimum atomic E-state index is -4.55. The average molecular weight is 350 g/mol. The minimum absolute atomic E-state index is 0.0841. The summed E-state index contributed by atoms with van der Waals surface area (Å²) < 4.78 is 39.0. The Kier molecular flexibility index (Phi) is 5.94. The molecule has 0 spiro atoms. The Hall–Kier alpha value is -1.25. The van der Waals surface area contributed by atoms with Crippen molar-refractivity contribution in [1.82, 2.24) is 20.1 Å². The number of nitrogens with one attached hydrogen (secondary N) is 1. The van der Waals surface area contributed by atoms with Gasteiger partial charge in [-0.2, -0.15) is 13.2 Å². The number of halogens is 3. The van der Waals surface area contributed by atoms with Crippen molar-refractivity contribution < 1.29 is 18.0 Å². The monoisotopic (exact) mass is 350 g/mol. The van der Waals surface area contributed by atoms with Crippen molar-refractivity contribution in [3.63, 3.8) is 0 Å². The predicted octanol–water partition coefficient (Wildman–Crippen LogP) is 3.15. The maximum Gasteiger partial charge on any atom is 0.451 e. The van der Waals surface area contributed by atoms with Gasteiger partial charge in [0.25, 0.3) is 0 Å². The highest BCUT2D eigenvalue weighted by molar-refractivity contribution is 8.00. The zero-order chi connectivity index (χ0) is 17.0. The number of carbonyl (C=O) groups is 1. The van der Waals surface area contributed by atoms with Crippen molar-refractivity contribution in [3.05, 3.63) is 5.82 Å². The molecule has 0 aromatic carbocycles. The molecule has 2 rings (SSSR count). The summed E-state index contributed by atoms with van der Waals surface area (Å²) in [6.45, 7) is 1.67. The van der Waals surface area contributed by atoms with Gasteiger partial charge in [0, 0.05) is 13.1 Å². The van der Waals surface area contributed by atoms with Gasteiger partial charge in [0.15, 0.2) is 5.16 Å². The summed E-state index contributed by atoms with van der Waals surface area (Å²) in [5, 5.41) is 9.26. The Morgan fingerprint density at radius 2 is 1.87 bits per heavy atom. The molecule has 23 heavy (non-hydrogen) atoms. The number of thioether (sulfide) groups is 1. The van der Waals surface area contributed by atoms with Gasteiger partial charge in [-0.05, 0) is 19.8 Å². The van der Waals surface area contributed by atoms with E-state index in [0.29, 0.717) is 0 Å². The molecule has 0 saturated heterocycles. The van der Waals surface area contributed by atoms with Crippen LogP contribution in [0.15, 0.2) is 5.16 Å². The van der Waals surface area contributed by atoms with Gasteiger partial charge >= 0.3 is 6.18 Å². The molecule has 1 aromatic heterocycles. The molecule has 1 aromatic rings. The first-order chi connectivity index (χ1) is 10.8. The van der Waals surface area contributed by atoms with E-state index in [4.69, 9.17) is 0 Å². The van der Waals surface area contributed by atoms with E-state index in [0.717, 1.165) is 42.0 Å². The van der Waals surface area contributed by atoms with Crippen molar-refractivity contribution in [2.45, 2.75) is 68.1 Å². The molecule has 1 amide bonds. The Balaban J connectivity index is 1.94. The molecule has 1 saturated carbocycles. The second-order valence-electron chi connectivity index (χ2n) is 5.82. The van der Waals surface area contributed by atoms with Crippen molar-refractivity contribution in [2.75, 3.05) is 0 Å². The molecular weight excluding hydrogens is 329 g/mol. The number of amides is 1. The number of carbonyl (C=O) groups excluding carboxylic acids is 1. The van der Waals surface area contributed by atoms with E-state index in [1.807, 2.05) is 0 Å². The van der Waals surface area contributed by atoms with Gasteiger partial charge < -0.3 is 9.88 Å². The fourth-order valence-corrected chi connectivity index (χ4v) is 3.44. The SMILES string of the molecule is C[C@H](Sc1nnc(C(F)(F)F)n1C)C(=O)NC1CCCCCC1. The van der Waals surface area contributed by atoms with Gasteiger partial charge in [0.2, 0.25) is 11.7 Å². The van der Waals surface area contributed by atoms with Crippen LogP contribution in [-0.4, -0.2) is 32.0 Å². The summed E-state index contributed by atoms with van der Waals surface area (Å²) >= 11 is 0.986. The lowest BCUT2D eigenvalue weighted by atomic mass is 10.1. The second kappa shape index (κ2) is 7.55. The molecular formula is C14H21F3N4OS. The summed E-state index contributed by atoms with van der Waals surface area (Å²) in [7, 11) is 1.25. The van der Waals surface area contributed by atoms with Crippen LogP contribution >= 0.6 is 11.8 Å². The molecule has 5 nitrogen and oxygen atoms in total. The summed E-state index contributed by atoms with van der Waals surface area (Å²) in [6, 6.07) is 0.165. The van der Waals surface area contributed by atoms with Crippen molar-refractivity contribution in [2.24, 2.45) is 7.05 Å². The molecule has 1 aliphatic carbocycles. The minimum Gasteiger partial charge on any atom is -0.352 e. The van der Waals surface area contributed by atoms with Crippen molar-refractivity contribution in [3.8, 4) is 0 Å². The van der Waals surface area contributed by atoms with Crippen LogP contribution in [0, 0.1) is 0 Å². The number of alkyl halides is 3. The molecule has 0 aliphatic heterocycles. The average Bonchev–Trinajstić information content (AvgIpc) is 2.68. The van der Waals surface area contributed by atoms with Crippen LogP contribution in [0.1, 0.15) is 51.3 Å². The van der Waals surface area contributed by atoms with Crippen LogP contribution in [0.4, 0.5) is 13.2 Å². The largest absolute Gasteiger partial charge is 0.451 e. The van der Waals surface area contributed by atoms with Crippen LogP contribution in [0.2, 0.25) is 0 Å². The summed E-state index contributed by atoms with van der Waals surface area (Å²) in [6.07, 6.45) is 1.96. The van der Waals surface area contributed by atoms with E-state index in [-0.39, 0.29) is 17.1 Å². The first kappa shape index (κ1) is 18.1. The topological polar surface area (TPSA) is 59.8 Å². The van der Waals surface area contributed by atoms with E-state index in [9.17, 15) is 18.0 Å². The highest BCUT2D eigenvalue weighted by Gasteiger charge is 2.38. The van der Waals surface area contributed by atoms with Crippen molar-refractivity contribution >= 4 is 17.7 Å². The maximum atomic E-state index is 12.7. The molecule has 1 heterocycles. The lowest BCUT2D eigenvalue weighted by molar-refractivity contribution is -0.147. The quantitative estimate of drug-likeness (QED) is 0.669. The van der Waals surface area contributed by atoms with Crippen LogP contribution < -0.4 is 5.32 Å². The Bertz CT molecular complexity index is 539. The number of hydrogen-bond donors (Lipinski definition) is 1. The van der Waals surface area contributed by atoms with E-state index in [2.05, 4.69) is 15.5 Å². The Morgan fingerprint density at radius 3 is 2.39 bits per heavy atom. The third-order valence-corrected chi connectivity index (χ3v) is 5.08. The molecule has 0 unspecified atom stereocenters. The van der Waals surface area contributed by atoms with E-state index < -0.39 is 17.3 Å². The number of hydrogen-bond acceptors (Lipinski definition) is 4. The fourth-order valence-electron chi connectivity index (χ4n) is 2.62. The molecule has 1 aliphatic rings. The summed E-state index contributed by atoms with van der Waals surface area (Å²) in [5.74, 6) is -1.23. The highest BCUT2D eigenvalue weighted by atomic mass is 32.2. The van der Waals surface area contributed by atoms with E-state index in [1.165, 1.54) is 19.9 Å². The van der Waals surface area contributed by atoms with Gasteiger partial charge in [0.05, 0.1) is 5.25 Å². The normalized spacial score (nSPS) is 18.5. The Labute approximate surface area is 137 Å². The van der Waals surface area contributed by atoms with E-state index >= 15 is 0 Å². The number of rotatable bonds is 4. The fraction of sp³-hybridized carbons (Fsp3) is 0.786. The van der Waals surface area contributed by atoms with Gasteiger partial charge in [0.1, 0.15) is 0 Å². The highest BCUT2D eigenvalue weighted by Crippen LogP contribution is 2.30. The van der Waals surface area contributed by atoms with Crippen LogP contribution in [-0.2, 0) is 18.0 Å². The van der Waals surface area contributed by atoms with Crippen molar-refractivity contribution in [1.29, 1.82) is 0 Å². The zero-order valence-corrected chi connectivity index (χ0v) is 14.0. The first-order valence-electron chi connectivity index (χ1n) is 7.72. The van der Waals surface area contributed by atoms with Gasteiger partial charge in [-0.3, -0.25) is 4.79 Å². The lowest BCUT2D eigenvalue weighted by Crippen LogP contribution is -2.39. The molecule has 9 heteroatoms. The summed E-state index contributed by atoms with van der Waals surface area (Å²) in [5.41, 5.74) is 0. The Morgan fingerprint density at radius 1 is 1.26 bits per heavy atom. The second-order valence-corrected chi connectivity index (χ2v) is 7.13. The first-order valence-corrected chi connectivity index (χ1v) is 8.60. The van der Waals surface area contributed by atoms with Gasteiger partial charge in [-0.15, -0.1) is 10.2 Å². The number of aromatic nitrogens is 3. The van der Waals surface area contributed by atoms with Crippen LogP contribution in [0.3, 0.4) is 0 Å². The predicted molar refractivity (Wildman–Crippen MR) is 81.0 cm³/mol. The summed E-state index contributed by atoms with van der Waals surface area (Å²) in [4.78, 5) is 12.2. The third-order valence-electron chi connectivity index (χ3n) is 3.94. The van der Waals surface area contributed by atoms with E-state index in [1.54, 1.807) is 6.92 Å². The zero-order valence-electron chi connectivity index (χ0n) is 13.2. The maximum absolute atomic E-state index is 12.7. The molecule has 130 valence electrons. The number of nitrogens with zero attached hydrogens (tertiary/aromatic N) is 3. The van der Waals surface area contributed by atoms with Gasteiger partial charge in [-0.1, -0.05) is 37.4 Å². The smallest absolute Gasteiger partial charge is 0.352 e. The molecule has 0 bridgehead atoms. The molecule has 1 atom stereocenters. The third kappa shape index (κ3) is 4.86. The lowest BCUT2D eigenvalue weighted by Gasteiger charge is -2.19. The van der Waals surface area contributed by atoms with Gasteiger partial charge in [-0.25, -0.2) is 0 Å².